The molecule has 1 aromatic rings. The molecule has 0 aliphatic heterocycles. The lowest BCUT2D eigenvalue weighted by molar-refractivity contribution is 0.0529. The molecule has 104 valence electrons. The number of aromatic nitrogens is 1. The number of carbonyl (C=O) groups is 1. The van der Waals surface area contributed by atoms with Crippen molar-refractivity contribution in [3.8, 4) is 0 Å². The monoisotopic (exact) mass is 266 g/mol. The van der Waals surface area contributed by atoms with E-state index in [0.717, 1.165) is 0 Å². The lowest BCUT2D eigenvalue weighted by Crippen LogP contribution is -2.32. The molecular weight excluding hydrogens is 247 g/mol. The molecule has 0 radical (unpaired) electrons. The number of hydrogen-bond donors (Lipinski definition) is 1. The molecule has 0 aliphatic carbocycles. The molecule has 0 aromatic carbocycles. The van der Waals surface area contributed by atoms with Crippen molar-refractivity contribution in [1.29, 1.82) is 0 Å². The van der Waals surface area contributed by atoms with Gasteiger partial charge in [0.2, 0.25) is 0 Å². The molecular formula is C14H19FN2O2. The molecule has 0 aliphatic rings. The molecule has 0 fully saturated rings. The summed E-state index contributed by atoms with van der Waals surface area (Å²) in [6.45, 7) is 5.88. The van der Waals surface area contributed by atoms with Gasteiger partial charge in [0.15, 0.2) is 0 Å². The molecule has 4 nitrogen and oxygen atoms in total. The van der Waals surface area contributed by atoms with E-state index in [1.54, 1.807) is 6.08 Å². The van der Waals surface area contributed by atoms with Crippen molar-refractivity contribution in [3.05, 3.63) is 35.9 Å². The van der Waals surface area contributed by atoms with Crippen molar-refractivity contribution in [2.24, 2.45) is 0 Å². The number of pyridine rings is 1. The van der Waals surface area contributed by atoms with Crippen molar-refractivity contribution in [3.63, 3.8) is 0 Å². The van der Waals surface area contributed by atoms with E-state index < -0.39 is 11.7 Å². The maximum absolute atomic E-state index is 12.9. The average Bonchev–Trinajstić information content (AvgIpc) is 2.26. The standard InChI is InChI=1S/C14H19FN2O2/c1-14(2,3)19-13(18)17-8-5-4-6-12-10-11(15)7-9-16-12/h4,6-7,9-10H,5,8H2,1-3H3,(H,17,18). The molecule has 1 rings (SSSR count). The van der Waals surface area contributed by atoms with Gasteiger partial charge < -0.3 is 10.1 Å². The van der Waals surface area contributed by atoms with Gasteiger partial charge in [-0.15, -0.1) is 0 Å². The number of nitrogens with zero attached hydrogens (tertiary/aromatic N) is 1. The summed E-state index contributed by atoms with van der Waals surface area (Å²) in [5.41, 5.74) is 0.0584. The number of alkyl carbamates (subject to hydrolysis) is 1. The van der Waals surface area contributed by atoms with E-state index in [9.17, 15) is 9.18 Å². The van der Waals surface area contributed by atoms with Crippen LogP contribution in [-0.2, 0) is 4.74 Å². The minimum atomic E-state index is -0.495. The quantitative estimate of drug-likeness (QED) is 0.852. The van der Waals surface area contributed by atoms with Crippen LogP contribution in [0.1, 0.15) is 32.9 Å². The van der Waals surface area contributed by atoms with E-state index in [-0.39, 0.29) is 5.82 Å². The summed E-state index contributed by atoms with van der Waals surface area (Å²) in [5, 5.41) is 2.63. The first-order valence-electron chi connectivity index (χ1n) is 6.12. The van der Waals surface area contributed by atoms with E-state index in [1.165, 1.54) is 18.3 Å². The number of carbonyl (C=O) groups excluding carboxylic acids is 1. The van der Waals surface area contributed by atoms with Gasteiger partial charge in [0, 0.05) is 12.7 Å². The Hall–Kier alpha value is -1.91. The second-order valence-corrected chi connectivity index (χ2v) is 5.02. The second-order valence-electron chi connectivity index (χ2n) is 5.02. The third-order valence-corrected chi connectivity index (χ3v) is 2.01. The van der Waals surface area contributed by atoms with Crippen LogP contribution in [-0.4, -0.2) is 23.2 Å². The summed E-state index contributed by atoms with van der Waals surface area (Å²) >= 11 is 0. The lowest BCUT2D eigenvalue weighted by Gasteiger charge is -2.19. The van der Waals surface area contributed by atoms with E-state index in [4.69, 9.17) is 4.74 Å². The molecule has 1 aromatic heterocycles. The Bertz CT molecular complexity index is 453. The minimum Gasteiger partial charge on any atom is -0.444 e. The fourth-order valence-corrected chi connectivity index (χ4v) is 1.29. The van der Waals surface area contributed by atoms with E-state index in [0.29, 0.717) is 18.7 Å². The number of hydrogen-bond acceptors (Lipinski definition) is 3. The summed E-state index contributed by atoms with van der Waals surface area (Å²) in [4.78, 5) is 15.3. The van der Waals surface area contributed by atoms with Crippen LogP contribution in [0.25, 0.3) is 6.08 Å². The van der Waals surface area contributed by atoms with Gasteiger partial charge >= 0.3 is 6.09 Å². The van der Waals surface area contributed by atoms with Gasteiger partial charge in [0.05, 0.1) is 5.69 Å². The van der Waals surface area contributed by atoms with Gasteiger partial charge in [-0.25, -0.2) is 9.18 Å². The van der Waals surface area contributed by atoms with Crippen molar-refractivity contribution >= 4 is 12.2 Å². The van der Waals surface area contributed by atoms with E-state index >= 15 is 0 Å². The zero-order chi connectivity index (χ0) is 14.3. The predicted molar refractivity (Wildman–Crippen MR) is 72.1 cm³/mol. The molecule has 5 heteroatoms. The molecule has 1 heterocycles. The summed E-state index contributed by atoms with van der Waals surface area (Å²) in [5.74, 6) is -0.318. The van der Waals surface area contributed by atoms with Gasteiger partial charge in [-0.1, -0.05) is 6.08 Å². The third kappa shape index (κ3) is 7.18. The summed E-state index contributed by atoms with van der Waals surface area (Å²) in [6, 6.07) is 2.64. The first-order chi connectivity index (χ1) is 8.87. The Labute approximate surface area is 112 Å². The van der Waals surface area contributed by atoms with Crippen LogP contribution in [0.5, 0.6) is 0 Å². The molecule has 19 heavy (non-hydrogen) atoms. The number of amides is 1. The first-order valence-corrected chi connectivity index (χ1v) is 6.12. The SMILES string of the molecule is CC(C)(C)OC(=O)NCCC=Cc1cc(F)ccn1. The van der Waals surface area contributed by atoms with Crippen LogP contribution in [0.4, 0.5) is 9.18 Å². The topological polar surface area (TPSA) is 51.2 Å². The van der Waals surface area contributed by atoms with Crippen LogP contribution in [0.2, 0.25) is 0 Å². The number of halogens is 1. The van der Waals surface area contributed by atoms with Crippen LogP contribution in [0.3, 0.4) is 0 Å². The van der Waals surface area contributed by atoms with Crippen LogP contribution < -0.4 is 5.32 Å². The van der Waals surface area contributed by atoms with E-state index in [2.05, 4.69) is 10.3 Å². The Morgan fingerprint density at radius 2 is 2.26 bits per heavy atom. The van der Waals surface area contributed by atoms with Crippen molar-refractivity contribution in [2.75, 3.05) is 6.54 Å². The smallest absolute Gasteiger partial charge is 0.407 e. The van der Waals surface area contributed by atoms with Crippen molar-refractivity contribution in [1.82, 2.24) is 10.3 Å². The number of nitrogens with one attached hydrogen (secondary N) is 1. The first kappa shape index (κ1) is 15.1. The van der Waals surface area contributed by atoms with Gasteiger partial charge in [-0.2, -0.15) is 0 Å². The maximum Gasteiger partial charge on any atom is 0.407 e. The second kappa shape index (κ2) is 6.87. The van der Waals surface area contributed by atoms with E-state index in [1.807, 2.05) is 26.8 Å². The van der Waals surface area contributed by atoms with Crippen molar-refractivity contribution in [2.45, 2.75) is 32.8 Å². The minimum absolute atomic E-state index is 0.318. The van der Waals surface area contributed by atoms with Crippen LogP contribution >= 0.6 is 0 Å². The number of ether oxygens (including phenoxy) is 1. The molecule has 1 amide bonds. The molecule has 0 spiro atoms. The molecule has 0 atom stereocenters. The Morgan fingerprint density at radius 1 is 1.53 bits per heavy atom. The highest BCUT2D eigenvalue weighted by Gasteiger charge is 2.15. The number of rotatable bonds is 4. The zero-order valence-electron chi connectivity index (χ0n) is 11.4. The highest BCUT2D eigenvalue weighted by atomic mass is 19.1. The molecule has 0 bridgehead atoms. The normalized spacial score (nSPS) is 11.6. The highest BCUT2D eigenvalue weighted by molar-refractivity contribution is 5.67. The zero-order valence-corrected chi connectivity index (χ0v) is 11.4. The van der Waals surface area contributed by atoms with Gasteiger partial charge in [-0.3, -0.25) is 4.98 Å². The lowest BCUT2D eigenvalue weighted by atomic mass is 10.2. The Kier molecular flexibility index (Phi) is 5.48. The maximum atomic E-state index is 12.9. The van der Waals surface area contributed by atoms with Gasteiger partial charge in [-0.05, 0) is 45.4 Å². The van der Waals surface area contributed by atoms with Crippen LogP contribution in [0.15, 0.2) is 24.4 Å². The molecule has 0 unspecified atom stereocenters. The average molecular weight is 266 g/mol. The summed E-state index contributed by atoms with van der Waals surface area (Å²) in [6.07, 6.45) is 5.12. The fraction of sp³-hybridized carbons (Fsp3) is 0.429. The van der Waals surface area contributed by atoms with Gasteiger partial charge in [0.1, 0.15) is 11.4 Å². The largest absolute Gasteiger partial charge is 0.444 e. The summed E-state index contributed by atoms with van der Waals surface area (Å²) in [7, 11) is 0. The molecule has 1 N–H and O–H groups in total. The Morgan fingerprint density at radius 3 is 2.89 bits per heavy atom. The molecule has 0 saturated carbocycles. The van der Waals surface area contributed by atoms with Crippen LogP contribution in [0, 0.1) is 5.82 Å². The summed E-state index contributed by atoms with van der Waals surface area (Å²) < 4.78 is 17.9. The fourth-order valence-electron chi connectivity index (χ4n) is 1.29. The third-order valence-electron chi connectivity index (χ3n) is 2.01. The van der Waals surface area contributed by atoms with Gasteiger partial charge in [0.25, 0.3) is 0 Å². The predicted octanol–water partition coefficient (Wildman–Crippen LogP) is 3.15. The Balaban J connectivity index is 2.26. The van der Waals surface area contributed by atoms with Crippen molar-refractivity contribution < 1.29 is 13.9 Å². The highest BCUT2D eigenvalue weighted by Crippen LogP contribution is 2.06. The molecule has 0 saturated heterocycles.